The van der Waals surface area contributed by atoms with Crippen molar-refractivity contribution in [3.05, 3.63) is 78.2 Å². The number of piperazine rings is 1. The lowest BCUT2D eigenvalue weighted by Crippen LogP contribution is -2.49. The fourth-order valence-electron chi connectivity index (χ4n) is 3.95. The fraction of sp³-hybridized carbons (Fsp3) is 0.200. The summed E-state index contributed by atoms with van der Waals surface area (Å²) in [5.74, 6) is 0.936. The van der Waals surface area contributed by atoms with Gasteiger partial charge in [-0.2, -0.15) is 5.26 Å². The maximum atomic E-state index is 12.7. The van der Waals surface area contributed by atoms with Crippen LogP contribution in [0.4, 0.5) is 10.5 Å². The Morgan fingerprint density at radius 1 is 1.12 bits per heavy atom. The van der Waals surface area contributed by atoms with E-state index in [9.17, 15) is 10.1 Å². The molecule has 0 saturated carbocycles. The molecular formula is C25H23N7O2. The second-order valence-electron chi connectivity index (χ2n) is 8.05. The summed E-state index contributed by atoms with van der Waals surface area (Å²) in [5.41, 5.74) is 2.97. The summed E-state index contributed by atoms with van der Waals surface area (Å²) in [6.45, 7) is 3.57. The van der Waals surface area contributed by atoms with Crippen LogP contribution in [0.25, 0.3) is 11.0 Å². The number of nitrogens with one attached hydrogen (secondary N) is 2. The van der Waals surface area contributed by atoms with Crippen molar-refractivity contribution in [1.29, 1.82) is 5.26 Å². The van der Waals surface area contributed by atoms with Crippen molar-refractivity contribution < 1.29 is 9.53 Å². The largest absolute Gasteiger partial charge is 0.438 e. The van der Waals surface area contributed by atoms with Gasteiger partial charge in [0.05, 0.1) is 11.9 Å². The molecular weight excluding hydrogens is 430 g/mol. The first-order valence-electron chi connectivity index (χ1n) is 11.0. The first-order chi connectivity index (χ1) is 16.7. The number of aromatic amines is 1. The van der Waals surface area contributed by atoms with Gasteiger partial charge < -0.3 is 19.9 Å². The van der Waals surface area contributed by atoms with Crippen molar-refractivity contribution in [2.45, 2.75) is 6.54 Å². The van der Waals surface area contributed by atoms with Crippen molar-refractivity contribution in [2.75, 3.05) is 31.5 Å². The molecule has 2 amide bonds. The molecule has 34 heavy (non-hydrogen) atoms. The average molecular weight is 454 g/mol. The molecule has 1 fully saturated rings. The zero-order valence-electron chi connectivity index (χ0n) is 18.4. The van der Waals surface area contributed by atoms with E-state index >= 15 is 0 Å². The number of carbonyl (C=O) groups excluding carboxylic acids is 1. The third-order valence-corrected chi connectivity index (χ3v) is 5.72. The molecule has 0 bridgehead atoms. The number of amides is 2. The molecule has 1 aliphatic rings. The second kappa shape index (κ2) is 9.60. The minimum atomic E-state index is -0.115. The van der Waals surface area contributed by atoms with Crippen LogP contribution in [-0.4, -0.2) is 57.0 Å². The second-order valence-corrected chi connectivity index (χ2v) is 8.05. The molecule has 1 saturated heterocycles. The Bertz CT molecular complexity index is 1350. The first-order valence-corrected chi connectivity index (χ1v) is 11.0. The number of ether oxygens (including phenoxy) is 1. The van der Waals surface area contributed by atoms with E-state index in [1.165, 1.54) is 0 Å². The average Bonchev–Trinajstić information content (AvgIpc) is 3.33. The maximum Gasteiger partial charge on any atom is 0.321 e. The third kappa shape index (κ3) is 4.82. The molecule has 0 aliphatic carbocycles. The van der Waals surface area contributed by atoms with E-state index in [-0.39, 0.29) is 6.03 Å². The maximum absolute atomic E-state index is 12.7. The van der Waals surface area contributed by atoms with E-state index < -0.39 is 0 Å². The van der Waals surface area contributed by atoms with Crippen LogP contribution < -0.4 is 10.1 Å². The van der Waals surface area contributed by atoms with Crippen LogP contribution >= 0.6 is 0 Å². The van der Waals surface area contributed by atoms with Gasteiger partial charge in [-0.25, -0.2) is 14.8 Å². The summed E-state index contributed by atoms with van der Waals surface area (Å²) in [4.78, 5) is 28.3. The van der Waals surface area contributed by atoms with E-state index in [1.807, 2.05) is 47.5 Å². The SMILES string of the molecule is N#Cc1cccnc1Oc1cccc(CN2CCN(C(=O)Nc3cnc4[nH]ccc4c3)CC2)c1. The number of hydrogen-bond donors (Lipinski definition) is 2. The van der Waals surface area contributed by atoms with Gasteiger partial charge in [-0.3, -0.25) is 4.90 Å². The molecule has 2 N–H and O–H groups in total. The van der Waals surface area contributed by atoms with Gasteiger partial charge in [-0.05, 0) is 42.0 Å². The summed E-state index contributed by atoms with van der Waals surface area (Å²) >= 11 is 0. The predicted molar refractivity (Wildman–Crippen MR) is 127 cm³/mol. The molecule has 0 unspecified atom stereocenters. The van der Waals surface area contributed by atoms with Crippen LogP contribution in [-0.2, 0) is 6.54 Å². The quantitative estimate of drug-likeness (QED) is 0.473. The van der Waals surface area contributed by atoms with Gasteiger partial charge in [-0.15, -0.1) is 0 Å². The van der Waals surface area contributed by atoms with Gasteiger partial charge in [0.2, 0.25) is 5.88 Å². The molecule has 1 aromatic carbocycles. The molecule has 0 radical (unpaired) electrons. The van der Waals surface area contributed by atoms with Crippen LogP contribution in [0, 0.1) is 11.3 Å². The number of anilines is 1. The minimum Gasteiger partial charge on any atom is -0.438 e. The lowest BCUT2D eigenvalue weighted by molar-refractivity contribution is 0.143. The van der Waals surface area contributed by atoms with Gasteiger partial charge in [0.15, 0.2) is 0 Å². The van der Waals surface area contributed by atoms with Crippen LogP contribution in [0.3, 0.4) is 0 Å². The number of fused-ring (bicyclic) bond motifs is 1. The molecule has 9 heteroatoms. The monoisotopic (exact) mass is 453 g/mol. The van der Waals surface area contributed by atoms with E-state index in [2.05, 4.69) is 31.2 Å². The summed E-state index contributed by atoms with van der Waals surface area (Å²) in [6.07, 6.45) is 5.09. The molecule has 1 aliphatic heterocycles. The highest BCUT2D eigenvalue weighted by Gasteiger charge is 2.21. The molecule has 4 heterocycles. The Morgan fingerprint density at radius 3 is 2.85 bits per heavy atom. The Morgan fingerprint density at radius 2 is 2.00 bits per heavy atom. The van der Waals surface area contributed by atoms with E-state index in [0.29, 0.717) is 36.0 Å². The van der Waals surface area contributed by atoms with Crippen molar-refractivity contribution in [3.8, 4) is 17.7 Å². The highest BCUT2D eigenvalue weighted by molar-refractivity contribution is 5.91. The highest BCUT2D eigenvalue weighted by atomic mass is 16.5. The number of carbonyl (C=O) groups is 1. The molecule has 3 aromatic heterocycles. The lowest BCUT2D eigenvalue weighted by atomic mass is 10.2. The molecule has 170 valence electrons. The van der Waals surface area contributed by atoms with Crippen molar-refractivity contribution in [2.24, 2.45) is 0 Å². The van der Waals surface area contributed by atoms with Gasteiger partial charge in [0.25, 0.3) is 0 Å². The highest BCUT2D eigenvalue weighted by Crippen LogP contribution is 2.24. The first kappa shape index (κ1) is 21.4. The number of benzene rings is 1. The minimum absolute atomic E-state index is 0.115. The third-order valence-electron chi connectivity index (χ3n) is 5.72. The van der Waals surface area contributed by atoms with Crippen LogP contribution in [0.1, 0.15) is 11.1 Å². The Hall–Kier alpha value is -4.42. The number of nitriles is 1. The van der Waals surface area contributed by atoms with Crippen molar-refractivity contribution >= 4 is 22.8 Å². The number of rotatable bonds is 5. The smallest absolute Gasteiger partial charge is 0.321 e. The molecule has 0 atom stereocenters. The zero-order chi connectivity index (χ0) is 23.3. The number of pyridine rings is 2. The fourth-order valence-corrected chi connectivity index (χ4v) is 3.95. The molecule has 5 rings (SSSR count). The predicted octanol–water partition coefficient (Wildman–Crippen LogP) is 3.97. The summed E-state index contributed by atoms with van der Waals surface area (Å²) in [6, 6.07) is 17.0. The van der Waals surface area contributed by atoms with Crippen LogP contribution in [0.5, 0.6) is 11.6 Å². The summed E-state index contributed by atoms with van der Waals surface area (Å²) < 4.78 is 5.84. The topological polar surface area (TPSA) is 110 Å². The zero-order valence-corrected chi connectivity index (χ0v) is 18.4. The lowest BCUT2D eigenvalue weighted by Gasteiger charge is -2.34. The standard InChI is InChI=1S/C25H23N7O2/c26-15-20-4-2-7-28-24(20)34-22-5-1-3-18(13-22)17-31-9-11-32(12-10-31)25(33)30-21-14-19-6-8-27-23(19)29-16-21/h1-8,13-14,16H,9-12,17H2,(H,27,29)(H,30,33). The molecule has 4 aromatic rings. The Balaban J connectivity index is 1.15. The number of H-pyrrole nitrogens is 1. The molecule has 9 nitrogen and oxygen atoms in total. The van der Waals surface area contributed by atoms with E-state index in [4.69, 9.17) is 4.74 Å². The number of hydrogen-bond acceptors (Lipinski definition) is 6. The van der Waals surface area contributed by atoms with E-state index in [0.717, 1.165) is 36.2 Å². The van der Waals surface area contributed by atoms with Gasteiger partial charge >= 0.3 is 6.03 Å². The number of nitrogens with zero attached hydrogens (tertiary/aromatic N) is 5. The summed E-state index contributed by atoms with van der Waals surface area (Å²) in [5, 5.41) is 13.1. The van der Waals surface area contributed by atoms with Gasteiger partial charge in [-0.1, -0.05) is 12.1 Å². The normalized spacial score (nSPS) is 14.0. The van der Waals surface area contributed by atoms with Crippen LogP contribution in [0.15, 0.2) is 67.1 Å². The Kier molecular flexibility index (Phi) is 6.05. The summed E-state index contributed by atoms with van der Waals surface area (Å²) in [7, 11) is 0. The van der Waals surface area contributed by atoms with Gasteiger partial charge in [0.1, 0.15) is 23.0 Å². The van der Waals surface area contributed by atoms with Crippen molar-refractivity contribution in [3.63, 3.8) is 0 Å². The molecule has 0 spiro atoms. The van der Waals surface area contributed by atoms with E-state index in [1.54, 1.807) is 24.5 Å². The van der Waals surface area contributed by atoms with Crippen LogP contribution in [0.2, 0.25) is 0 Å². The number of aromatic nitrogens is 3. The van der Waals surface area contributed by atoms with Crippen molar-refractivity contribution in [1.82, 2.24) is 24.8 Å². The van der Waals surface area contributed by atoms with Gasteiger partial charge in [0, 0.05) is 50.5 Å². The number of urea groups is 1. The Labute approximate surface area is 196 Å².